The first kappa shape index (κ1) is 13.6. The highest BCUT2D eigenvalue weighted by Gasteiger charge is 2.19. The van der Waals surface area contributed by atoms with Gasteiger partial charge in [0.25, 0.3) is 0 Å². The number of rotatable bonds is 3. The molecule has 1 aliphatic rings. The van der Waals surface area contributed by atoms with E-state index in [2.05, 4.69) is 4.90 Å². The molecule has 1 heterocycles. The molecule has 19 heavy (non-hydrogen) atoms. The molecule has 0 bridgehead atoms. The molecule has 1 aromatic rings. The molecule has 0 aliphatic carbocycles. The Kier molecular flexibility index (Phi) is 4.20. The lowest BCUT2D eigenvalue weighted by atomic mass is 10.1. The van der Waals surface area contributed by atoms with E-state index in [0.717, 1.165) is 30.8 Å². The Morgan fingerprint density at radius 2 is 1.89 bits per heavy atom. The van der Waals surface area contributed by atoms with E-state index in [9.17, 15) is 9.59 Å². The molecule has 0 atom stereocenters. The number of carbonyl (C=O) groups is 2. The summed E-state index contributed by atoms with van der Waals surface area (Å²) in [5.74, 6) is 0.296. The molecule has 102 valence electrons. The second-order valence-corrected chi connectivity index (χ2v) is 4.91. The predicted octanol–water partition coefficient (Wildman–Crippen LogP) is 1.95. The highest BCUT2D eigenvalue weighted by atomic mass is 16.2. The Hall–Kier alpha value is -1.84. The van der Waals surface area contributed by atoms with E-state index in [0.29, 0.717) is 13.0 Å². The molecule has 1 aromatic carbocycles. The van der Waals surface area contributed by atoms with Gasteiger partial charge in [-0.25, -0.2) is 0 Å². The molecule has 0 aromatic heterocycles. The van der Waals surface area contributed by atoms with Gasteiger partial charge in [-0.3, -0.25) is 9.59 Å². The van der Waals surface area contributed by atoms with Crippen molar-refractivity contribution >= 4 is 17.4 Å². The summed E-state index contributed by atoms with van der Waals surface area (Å²) >= 11 is 0. The Bertz CT molecular complexity index is 468. The number of Topliss-reactive ketones (excluding diaryl/α,β-unsaturated/α-hetero) is 1. The zero-order valence-electron chi connectivity index (χ0n) is 11.6. The number of likely N-dealkylation sites (N-methyl/N-ethyl adjacent to an activating group) is 1. The van der Waals surface area contributed by atoms with Crippen molar-refractivity contribution in [3.8, 4) is 0 Å². The standard InChI is InChI=1S/C15H20N2O2/c1-3-14(18)12-5-7-13(8-6-12)17-10-4-9-16(2)15(19)11-17/h5-8H,3-4,9-11H2,1-2H3. The van der Waals surface area contributed by atoms with Crippen molar-refractivity contribution in [2.75, 3.05) is 31.6 Å². The van der Waals surface area contributed by atoms with E-state index in [1.165, 1.54) is 0 Å². The highest BCUT2D eigenvalue weighted by molar-refractivity contribution is 5.96. The Morgan fingerprint density at radius 3 is 2.53 bits per heavy atom. The number of amides is 1. The average Bonchev–Trinajstić information content (AvgIpc) is 2.60. The van der Waals surface area contributed by atoms with Crippen LogP contribution in [0.2, 0.25) is 0 Å². The summed E-state index contributed by atoms with van der Waals surface area (Å²) < 4.78 is 0. The van der Waals surface area contributed by atoms with Crippen LogP contribution in [0.25, 0.3) is 0 Å². The first-order chi connectivity index (χ1) is 9.11. The van der Waals surface area contributed by atoms with Gasteiger partial charge in [0, 0.05) is 37.8 Å². The maximum absolute atomic E-state index is 11.8. The SMILES string of the molecule is CCC(=O)c1ccc(N2CCCN(C)C(=O)C2)cc1. The van der Waals surface area contributed by atoms with Crippen molar-refractivity contribution in [2.45, 2.75) is 19.8 Å². The molecule has 1 saturated heterocycles. The van der Waals surface area contributed by atoms with E-state index in [1.54, 1.807) is 4.90 Å². The van der Waals surface area contributed by atoms with Crippen LogP contribution in [0.15, 0.2) is 24.3 Å². The fraction of sp³-hybridized carbons (Fsp3) is 0.467. The van der Waals surface area contributed by atoms with Crippen molar-refractivity contribution in [2.24, 2.45) is 0 Å². The number of benzene rings is 1. The largest absolute Gasteiger partial charge is 0.362 e. The molecule has 0 unspecified atom stereocenters. The van der Waals surface area contributed by atoms with Gasteiger partial charge in [-0.1, -0.05) is 6.92 Å². The van der Waals surface area contributed by atoms with Crippen LogP contribution in [0.1, 0.15) is 30.1 Å². The van der Waals surface area contributed by atoms with Crippen molar-refractivity contribution in [1.29, 1.82) is 0 Å². The van der Waals surface area contributed by atoms with Crippen LogP contribution in [0.3, 0.4) is 0 Å². The molecule has 1 amide bonds. The molecule has 1 fully saturated rings. The van der Waals surface area contributed by atoms with Gasteiger partial charge in [0.05, 0.1) is 6.54 Å². The summed E-state index contributed by atoms with van der Waals surface area (Å²) in [5.41, 5.74) is 1.75. The molecule has 0 radical (unpaired) electrons. The van der Waals surface area contributed by atoms with Crippen LogP contribution < -0.4 is 4.90 Å². The summed E-state index contributed by atoms with van der Waals surface area (Å²) in [6.45, 7) is 3.95. The van der Waals surface area contributed by atoms with Gasteiger partial charge in [0.15, 0.2) is 5.78 Å². The maximum atomic E-state index is 11.8. The topological polar surface area (TPSA) is 40.6 Å². The lowest BCUT2D eigenvalue weighted by molar-refractivity contribution is -0.127. The van der Waals surface area contributed by atoms with Crippen molar-refractivity contribution < 1.29 is 9.59 Å². The minimum Gasteiger partial charge on any atom is -0.362 e. The molecule has 2 rings (SSSR count). The predicted molar refractivity (Wildman–Crippen MR) is 75.5 cm³/mol. The van der Waals surface area contributed by atoms with E-state index in [4.69, 9.17) is 0 Å². The summed E-state index contributed by atoms with van der Waals surface area (Å²) in [7, 11) is 1.84. The van der Waals surface area contributed by atoms with Crippen LogP contribution in [0.4, 0.5) is 5.69 Å². The first-order valence-corrected chi connectivity index (χ1v) is 6.74. The molecule has 0 N–H and O–H groups in total. The fourth-order valence-electron chi connectivity index (χ4n) is 2.27. The summed E-state index contributed by atoms with van der Waals surface area (Å²) in [5, 5.41) is 0. The van der Waals surface area contributed by atoms with Gasteiger partial charge >= 0.3 is 0 Å². The Balaban J connectivity index is 2.13. The van der Waals surface area contributed by atoms with Crippen LogP contribution in [0, 0.1) is 0 Å². The third-order valence-electron chi connectivity index (χ3n) is 3.55. The van der Waals surface area contributed by atoms with Crippen molar-refractivity contribution in [3.63, 3.8) is 0 Å². The Morgan fingerprint density at radius 1 is 1.21 bits per heavy atom. The van der Waals surface area contributed by atoms with Gasteiger partial charge in [-0.05, 0) is 30.7 Å². The highest BCUT2D eigenvalue weighted by Crippen LogP contribution is 2.18. The van der Waals surface area contributed by atoms with Gasteiger partial charge in [-0.2, -0.15) is 0 Å². The summed E-state index contributed by atoms with van der Waals surface area (Å²) in [4.78, 5) is 27.3. The smallest absolute Gasteiger partial charge is 0.241 e. The molecule has 0 saturated carbocycles. The van der Waals surface area contributed by atoms with Crippen LogP contribution in [-0.4, -0.2) is 43.3 Å². The third-order valence-corrected chi connectivity index (χ3v) is 3.55. The number of carbonyl (C=O) groups excluding carboxylic acids is 2. The minimum absolute atomic E-state index is 0.145. The average molecular weight is 260 g/mol. The van der Waals surface area contributed by atoms with Crippen molar-refractivity contribution in [1.82, 2.24) is 4.90 Å². The maximum Gasteiger partial charge on any atom is 0.241 e. The van der Waals surface area contributed by atoms with Crippen LogP contribution in [-0.2, 0) is 4.79 Å². The number of anilines is 1. The van der Waals surface area contributed by atoms with E-state index >= 15 is 0 Å². The van der Waals surface area contributed by atoms with E-state index in [-0.39, 0.29) is 11.7 Å². The van der Waals surface area contributed by atoms with Gasteiger partial charge in [0.1, 0.15) is 0 Å². The molecule has 4 heteroatoms. The second kappa shape index (κ2) is 5.87. The van der Waals surface area contributed by atoms with E-state index < -0.39 is 0 Å². The van der Waals surface area contributed by atoms with Gasteiger partial charge in [0.2, 0.25) is 5.91 Å². The van der Waals surface area contributed by atoms with Crippen LogP contribution in [0.5, 0.6) is 0 Å². The van der Waals surface area contributed by atoms with Crippen molar-refractivity contribution in [3.05, 3.63) is 29.8 Å². The molecule has 0 spiro atoms. The van der Waals surface area contributed by atoms with Gasteiger partial charge < -0.3 is 9.80 Å². The van der Waals surface area contributed by atoms with Gasteiger partial charge in [-0.15, -0.1) is 0 Å². The molecular weight excluding hydrogens is 240 g/mol. The molecular formula is C15H20N2O2. The number of nitrogens with zero attached hydrogens (tertiary/aromatic N) is 2. The van der Waals surface area contributed by atoms with Crippen LogP contribution >= 0.6 is 0 Å². The first-order valence-electron chi connectivity index (χ1n) is 6.74. The van der Waals surface area contributed by atoms with E-state index in [1.807, 2.05) is 38.2 Å². The number of hydrogen-bond acceptors (Lipinski definition) is 3. The zero-order chi connectivity index (χ0) is 13.8. The minimum atomic E-state index is 0.145. The monoisotopic (exact) mass is 260 g/mol. The fourth-order valence-corrected chi connectivity index (χ4v) is 2.27. The lowest BCUT2D eigenvalue weighted by Crippen LogP contribution is -2.34. The zero-order valence-corrected chi connectivity index (χ0v) is 11.6. The molecule has 1 aliphatic heterocycles. The second-order valence-electron chi connectivity index (χ2n) is 4.91. The third kappa shape index (κ3) is 3.13. The quantitative estimate of drug-likeness (QED) is 0.780. The normalized spacial score (nSPS) is 16.4. The summed E-state index contributed by atoms with van der Waals surface area (Å²) in [6, 6.07) is 7.56. The lowest BCUT2D eigenvalue weighted by Gasteiger charge is -2.22. The number of ketones is 1. The Labute approximate surface area is 114 Å². The number of hydrogen-bond donors (Lipinski definition) is 0. The molecule has 4 nitrogen and oxygen atoms in total. The summed E-state index contributed by atoms with van der Waals surface area (Å²) in [6.07, 6.45) is 1.49.